The van der Waals surface area contributed by atoms with Crippen molar-refractivity contribution in [1.29, 1.82) is 0 Å². The second-order valence-electron chi connectivity index (χ2n) is 6.46. The predicted molar refractivity (Wildman–Crippen MR) is 111 cm³/mol. The summed E-state index contributed by atoms with van der Waals surface area (Å²) in [5.41, 5.74) is 2.13. The van der Waals surface area contributed by atoms with Crippen LogP contribution in [0.5, 0.6) is 0 Å². The van der Waals surface area contributed by atoms with Crippen LogP contribution in [0.15, 0.2) is 51.6 Å². The Morgan fingerprint density at radius 2 is 1.96 bits per heavy atom. The van der Waals surface area contributed by atoms with Crippen molar-refractivity contribution in [2.24, 2.45) is 0 Å². The lowest BCUT2D eigenvalue weighted by atomic mass is 10.0. The fourth-order valence-electron chi connectivity index (χ4n) is 3.17. The van der Waals surface area contributed by atoms with Crippen LogP contribution in [-0.2, 0) is 11.2 Å². The summed E-state index contributed by atoms with van der Waals surface area (Å²) in [5.74, 6) is 0.977. The van der Waals surface area contributed by atoms with E-state index in [1.165, 1.54) is 5.56 Å². The second-order valence-corrected chi connectivity index (χ2v) is 7.24. The zero-order valence-corrected chi connectivity index (χ0v) is 17.1. The Kier molecular flexibility index (Phi) is 7.33. The fourth-order valence-corrected chi connectivity index (χ4v) is 3.80. The fraction of sp³-hybridized carbons (Fsp3) is 0.381. The van der Waals surface area contributed by atoms with Gasteiger partial charge in [-0.05, 0) is 30.1 Å². The van der Waals surface area contributed by atoms with E-state index in [2.05, 4.69) is 46.4 Å². The number of rotatable bonds is 10. The van der Waals surface area contributed by atoms with Gasteiger partial charge in [-0.15, -0.1) is 10.2 Å². The highest BCUT2D eigenvalue weighted by molar-refractivity contribution is 7.08. The van der Waals surface area contributed by atoms with Crippen LogP contribution >= 0.6 is 11.3 Å². The molecule has 0 fully saturated rings. The Bertz CT molecular complexity index is 844. The van der Waals surface area contributed by atoms with E-state index in [9.17, 15) is 4.79 Å². The molecular weight excluding hydrogens is 372 g/mol. The monoisotopic (exact) mass is 398 g/mol. The molecule has 7 heteroatoms. The van der Waals surface area contributed by atoms with Gasteiger partial charge in [-0.2, -0.15) is 11.3 Å². The maximum Gasteiger partial charge on any atom is 0.248 e. The zero-order valence-electron chi connectivity index (χ0n) is 16.3. The molecule has 3 aromatic rings. The van der Waals surface area contributed by atoms with E-state index in [1.54, 1.807) is 11.3 Å². The molecule has 0 bridgehead atoms. The maximum atomic E-state index is 12.4. The molecule has 0 saturated carbocycles. The minimum Gasteiger partial charge on any atom is -0.421 e. The number of hydrogen-bond acceptors (Lipinski definition) is 6. The Balaban J connectivity index is 1.53. The number of carbonyl (C=O) groups is 1. The highest BCUT2D eigenvalue weighted by atomic mass is 32.1. The number of hydrogen-bond donors (Lipinski definition) is 1. The van der Waals surface area contributed by atoms with E-state index >= 15 is 0 Å². The number of aromatic nitrogens is 2. The Morgan fingerprint density at radius 1 is 1.18 bits per heavy atom. The third-order valence-electron chi connectivity index (χ3n) is 4.73. The number of amides is 1. The van der Waals surface area contributed by atoms with Crippen LogP contribution in [0.3, 0.4) is 0 Å². The predicted octanol–water partition coefficient (Wildman–Crippen LogP) is 3.93. The molecule has 0 aliphatic carbocycles. The Hall–Kier alpha value is -2.51. The molecule has 2 heterocycles. The summed E-state index contributed by atoms with van der Waals surface area (Å²) in [4.78, 5) is 14.7. The van der Waals surface area contributed by atoms with Crippen molar-refractivity contribution in [3.63, 3.8) is 0 Å². The van der Waals surface area contributed by atoms with Gasteiger partial charge in [-0.3, -0.25) is 9.69 Å². The number of likely N-dealkylation sites (N-methyl/N-ethyl adjacent to an activating group) is 1. The lowest BCUT2D eigenvalue weighted by Gasteiger charge is -2.30. The number of nitrogens with zero attached hydrogens (tertiary/aromatic N) is 3. The van der Waals surface area contributed by atoms with Crippen LogP contribution in [0, 0.1) is 0 Å². The zero-order chi connectivity index (χ0) is 19.8. The SMILES string of the molecule is CCN(CC)C(CNC(=O)CCc1nnc(-c2ccsc2)o1)c1ccccc1. The summed E-state index contributed by atoms with van der Waals surface area (Å²) < 4.78 is 5.64. The summed E-state index contributed by atoms with van der Waals surface area (Å²) >= 11 is 1.58. The first-order valence-electron chi connectivity index (χ1n) is 9.61. The molecule has 3 rings (SSSR count). The van der Waals surface area contributed by atoms with Crippen molar-refractivity contribution >= 4 is 17.2 Å². The van der Waals surface area contributed by atoms with Gasteiger partial charge in [-0.1, -0.05) is 44.2 Å². The Labute approximate surface area is 169 Å². The number of carbonyl (C=O) groups excluding carboxylic acids is 1. The molecule has 0 aliphatic rings. The molecule has 1 unspecified atom stereocenters. The molecule has 1 aromatic carbocycles. The van der Waals surface area contributed by atoms with Gasteiger partial charge in [0, 0.05) is 30.3 Å². The van der Waals surface area contributed by atoms with E-state index < -0.39 is 0 Å². The smallest absolute Gasteiger partial charge is 0.248 e. The van der Waals surface area contributed by atoms with Gasteiger partial charge in [0.15, 0.2) is 0 Å². The largest absolute Gasteiger partial charge is 0.421 e. The molecule has 0 radical (unpaired) electrons. The molecule has 1 N–H and O–H groups in total. The van der Waals surface area contributed by atoms with Crippen LogP contribution in [-0.4, -0.2) is 40.6 Å². The number of benzene rings is 1. The summed E-state index contributed by atoms with van der Waals surface area (Å²) in [6, 6.07) is 12.4. The second kappa shape index (κ2) is 10.1. The van der Waals surface area contributed by atoms with E-state index in [1.807, 2.05) is 35.0 Å². The van der Waals surface area contributed by atoms with E-state index in [0.717, 1.165) is 18.7 Å². The highest BCUT2D eigenvalue weighted by Gasteiger charge is 2.19. The third kappa shape index (κ3) is 5.27. The molecule has 0 aliphatic heterocycles. The Morgan fingerprint density at radius 3 is 2.64 bits per heavy atom. The van der Waals surface area contributed by atoms with Gasteiger partial charge < -0.3 is 9.73 Å². The lowest BCUT2D eigenvalue weighted by Crippen LogP contribution is -2.38. The lowest BCUT2D eigenvalue weighted by molar-refractivity contribution is -0.121. The van der Waals surface area contributed by atoms with Gasteiger partial charge in [-0.25, -0.2) is 0 Å². The van der Waals surface area contributed by atoms with Crippen molar-refractivity contribution < 1.29 is 9.21 Å². The average Bonchev–Trinajstić information content (AvgIpc) is 3.42. The van der Waals surface area contributed by atoms with Crippen LogP contribution in [0.1, 0.15) is 37.8 Å². The summed E-state index contributed by atoms with van der Waals surface area (Å²) in [6.45, 7) is 6.72. The first-order valence-corrected chi connectivity index (χ1v) is 10.6. The minimum absolute atomic E-state index is 0.0108. The van der Waals surface area contributed by atoms with Crippen molar-refractivity contribution in [1.82, 2.24) is 20.4 Å². The van der Waals surface area contributed by atoms with Crippen LogP contribution in [0.2, 0.25) is 0 Å². The molecule has 1 amide bonds. The number of aryl methyl sites for hydroxylation is 1. The number of thiophene rings is 1. The topological polar surface area (TPSA) is 71.3 Å². The molecule has 148 valence electrons. The van der Waals surface area contributed by atoms with Crippen LogP contribution in [0.4, 0.5) is 0 Å². The van der Waals surface area contributed by atoms with Crippen LogP contribution in [0.25, 0.3) is 11.5 Å². The average molecular weight is 399 g/mol. The van der Waals surface area contributed by atoms with Crippen LogP contribution < -0.4 is 5.32 Å². The third-order valence-corrected chi connectivity index (χ3v) is 5.41. The first-order chi connectivity index (χ1) is 13.7. The van der Waals surface area contributed by atoms with Gasteiger partial charge >= 0.3 is 0 Å². The minimum atomic E-state index is -0.0108. The van der Waals surface area contributed by atoms with E-state index in [-0.39, 0.29) is 11.9 Å². The molecular formula is C21H26N4O2S. The first kappa shape index (κ1) is 20.2. The van der Waals surface area contributed by atoms with Gasteiger partial charge in [0.2, 0.25) is 17.7 Å². The van der Waals surface area contributed by atoms with E-state index in [4.69, 9.17) is 4.42 Å². The molecule has 28 heavy (non-hydrogen) atoms. The normalized spacial score (nSPS) is 12.2. The van der Waals surface area contributed by atoms with Crippen molar-refractivity contribution in [3.8, 4) is 11.5 Å². The molecule has 6 nitrogen and oxygen atoms in total. The molecule has 1 atom stereocenters. The summed E-state index contributed by atoms with van der Waals surface area (Å²) in [6.07, 6.45) is 0.759. The van der Waals surface area contributed by atoms with Crippen molar-refractivity contribution in [2.45, 2.75) is 32.7 Å². The number of nitrogens with one attached hydrogen (secondary N) is 1. The summed E-state index contributed by atoms with van der Waals surface area (Å²) in [7, 11) is 0. The van der Waals surface area contributed by atoms with Gasteiger partial charge in [0.25, 0.3) is 0 Å². The molecule has 2 aromatic heterocycles. The van der Waals surface area contributed by atoms with Gasteiger partial charge in [0.1, 0.15) is 0 Å². The summed E-state index contributed by atoms with van der Waals surface area (Å²) in [5, 5.41) is 15.1. The van der Waals surface area contributed by atoms with Crippen molar-refractivity contribution in [3.05, 3.63) is 58.6 Å². The standard InChI is InChI=1S/C21H26N4O2S/c1-3-25(4-2)18(16-8-6-5-7-9-16)14-22-19(26)10-11-20-23-24-21(27-20)17-12-13-28-15-17/h5-9,12-13,15,18H,3-4,10-11,14H2,1-2H3,(H,22,26). The quantitative estimate of drug-likeness (QED) is 0.560. The van der Waals surface area contributed by atoms with E-state index in [0.29, 0.717) is 31.2 Å². The van der Waals surface area contributed by atoms with Gasteiger partial charge in [0.05, 0.1) is 6.04 Å². The molecule has 0 spiro atoms. The van der Waals surface area contributed by atoms with Crippen molar-refractivity contribution in [2.75, 3.05) is 19.6 Å². The molecule has 0 saturated heterocycles. The maximum absolute atomic E-state index is 12.4. The highest BCUT2D eigenvalue weighted by Crippen LogP contribution is 2.21.